The van der Waals surface area contributed by atoms with Crippen molar-refractivity contribution in [2.24, 2.45) is 5.84 Å². The van der Waals surface area contributed by atoms with Gasteiger partial charge in [-0.05, 0) is 31.4 Å². The summed E-state index contributed by atoms with van der Waals surface area (Å²) in [6.07, 6.45) is 1.06. The van der Waals surface area contributed by atoms with E-state index in [4.69, 9.17) is 10.6 Å². The molecule has 16 heavy (non-hydrogen) atoms. The van der Waals surface area contributed by atoms with Gasteiger partial charge in [-0.2, -0.15) is 0 Å². The van der Waals surface area contributed by atoms with Crippen LogP contribution in [-0.4, -0.2) is 12.7 Å². The monoisotopic (exact) mass is 222 g/mol. The van der Waals surface area contributed by atoms with Gasteiger partial charge in [0.15, 0.2) is 0 Å². The van der Waals surface area contributed by atoms with Gasteiger partial charge in [0.05, 0.1) is 12.1 Å². The fourth-order valence-electron chi connectivity index (χ4n) is 2.00. The van der Waals surface area contributed by atoms with E-state index in [1.807, 2.05) is 19.1 Å². The van der Waals surface area contributed by atoms with Gasteiger partial charge in [0.2, 0.25) is 0 Å². The number of hydrazine groups is 1. The molecule has 90 valence electrons. The maximum Gasteiger partial charge on any atom is 0.0780 e. The molecule has 0 aliphatic rings. The van der Waals surface area contributed by atoms with Crippen molar-refractivity contribution < 1.29 is 4.74 Å². The second-order valence-electron chi connectivity index (χ2n) is 3.90. The number of benzene rings is 1. The van der Waals surface area contributed by atoms with Crippen molar-refractivity contribution in [1.82, 2.24) is 5.43 Å². The lowest BCUT2D eigenvalue weighted by atomic mass is 9.96. The van der Waals surface area contributed by atoms with E-state index in [-0.39, 0.29) is 12.1 Å². The standard InChI is InChI=1S/C13H22N2O/c1-4-12(16-5-2)13(15-14)11-9-7-6-8-10(11)3/h6-9,12-13,15H,4-5,14H2,1-3H3. The van der Waals surface area contributed by atoms with Crippen molar-refractivity contribution in [2.45, 2.75) is 39.3 Å². The fourth-order valence-corrected chi connectivity index (χ4v) is 2.00. The number of hydrogen-bond donors (Lipinski definition) is 2. The van der Waals surface area contributed by atoms with Crippen molar-refractivity contribution >= 4 is 0 Å². The molecule has 0 aliphatic carbocycles. The van der Waals surface area contributed by atoms with E-state index in [9.17, 15) is 0 Å². The molecule has 3 nitrogen and oxygen atoms in total. The Morgan fingerprint density at radius 2 is 2.00 bits per heavy atom. The van der Waals surface area contributed by atoms with Crippen LogP contribution in [0.2, 0.25) is 0 Å². The number of hydrogen-bond acceptors (Lipinski definition) is 3. The van der Waals surface area contributed by atoms with Crippen LogP contribution in [-0.2, 0) is 4.74 Å². The topological polar surface area (TPSA) is 47.3 Å². The highest BCUT2D eigenvalue weighted by Crippen LogP contribution is 2.23. The number of nitrogens with one attached hydrogen (secondary N) is 1. The predicted molar refractivity (Wildman–Crippen MR) is 66.9 cm³/mol. The second-order valence-corrected chi connectivity index (χ2v) is 3.90. The fraction of sp³-hybridized carbons (Fsp3) is 0.538. The van der Waals surface area contributed by atoms with Gasteiger partial charge in [-0.25, -0.2) is 0 Å². The first kappa shape index (κ1) is 13.2. The molecule has 1 aromatic carbocycles. The molecule has 0 saturated heterocycles. The Labute approximate surface area is 98.0 Å². The van der Waals surface area contributed by atoms with Crippen molar-refractivity contribution in [2.75, 3.05) is 6.61 Å². The molecule has 1 rings (SSSR count). The van der Waals surface area contributed by atoms with E-state index in [1.54, 1.807) is 0 Å². The molecule has 2 atom stereocenters. The Morgan fingerprint density at radius 1 is 1.31 bits per heavy atom. The highest BCUT2D eigenvalue weighted by atomic mass is 16.5. The molecule has 3 N–H and O–H groups in total. The molecule has 0 aliphatic heterocycles. The summed E-state index contributed by atoms with van der Waals surface area (Å²) in [6.45, 7) is 6.93. The molecule has 0 spiro atoms. The van der Waals surface area contributed by atoms with Gasteiger partial charge in [0.25, 0.3) is 0 Å². The molecular weight excluding hydrogens is 200 g/mol. The molecule has 0 aromatic heterocycles. The summed E-state index contributed by atoms with van der Waals surface area (Å²) in [5.74, 6) is 5.65. The Balaban J connectivity index is 2.92. The van der Waals surface area contributed by atoms with Gasteiger partial charge in [-0.1, -0.05) is 31.2 Å². The summed E-state index contributed by atoms with van der Waals surface area (Å²) in [7, 11) is 0. The van der Waals surface area contributed by atoms with Crippen molar-refractivity contribution in [3.05, 3.63) is 35.4 Å². The molecule has 0 radical (unpaired) electrons. The smallest absolute Gasteiger partial charge is 0.0780 e. The Kier molecular flexibility index (Phi) is 5.46. The summed E-state index contributed by atoms with van der Waals surface area (Å²) in [5.41, 5.74) is 5.32. The highest BCUT2D eigenvalue weighted by Gasteiger charge is 2.21. The van der Waals surface area contributed by atoms with Crippen LogP contribution in [0.1, 0.15) is 37.4 Å². The van der Waals surface area contributed by atoms with Crippen LogP contribution in [0, 0.1) is 6.92 Å². The van der Waals surface area contributed by atoms with E-state index in [0.29, 0.717) is 6.61 Å². The van der Waals surface area contributed by atoms with Crippen LogP contribution in [0.4, 0.5) is 0 Å². The SMILES string of the molecule is CCOC(CC)C(NN)c1ccccc1C. The van der Waals surface area contributed by atoms with Crippen molar-refractivity contribution in [3.63, 3.8) is 0 Å². The van der Waals surface area contributed by atoms with Crippen LogP contribution in [0.5, 0.6) is 0 Å². The van der Waals surface area contributed by atoms with E-state index >= 15 is 0 Å². The summed E-state index contributed by atoms with van der Waals surface area (Å²) in [5, 5.41) is 0. The Hall–Kier alpha value is -0.900. The maximum atomic E-state index is 5.71. The largest absolute Gasteiger partial charge is 0.376 e. The molecule has 0 bridgehead atoms. The van der Waals surface area contributed by atoms with Crippen LogP contribution >= 0.6 is 0 Å². The molecular formula is C13H22N2O. The molecule has 2 unspecified atom stereocenters. The molecule has 0 fully saturated rings. The first-order chi connectivity index (χ1) is 7.74. The summed E-state index contributed by atoms with van der Waals surface area (Å²) in [6, 6.07) is 8.32. The average Bonchev–Trinajstić information content (AvgIpc) is 2.31. The Bertz CT molecular complexity index is 315. The molecule has 0 amide bonds. The summed E-state index contributed by atoms with van der Waals surface area (Å²) >= 11 is 0. The first-order valence-electron chi connectivity index (χ1n) is 5.87. The van der Waals surface area contributed by atoms with Crippen LogP contribution < -0.4 is 11.3 Å². The van der Waals surface area contributed by atoms with E-state index < -0.39 is 0 Å². The van der Waals surface area contributed by atoms with Gasteiger partial charge >= 0.3 is 0 Å². The zero-order valence-electron chi connectivity index (χ0n) is 10.4. The minimum atomic E-state index is 0.0612. The van der Waals surface area contributed by atoms with E-state index in [0.717, 1.165) is 6.42 Å². The second kappa shape index (κ2) is 6.63. The van der Waals surface area contributed by atoms with E-state index in [2.05, 4.69) is 31.4 Å². The molecule has 0 saturated carbocycles. The van der Waals surface area contributed by atoms with Crippen LogP contribution in [0.3, 0.4) is 0 Å². The minimum absolute atomic E-state index is 0.0612. The first-order valence-corrected chi connectivity index (χ1v) is 5.87. The number of rotatable bonds is 6. The predicted octanol–water partition coefficient (Wildman–Crippen LogP) is 2.31. The number of ether oxygens (including phenoxy) is 1. The molecule has 0 heterocycles. The third-order valence-corrected chi connectivity index (χ3v) is 2.86. The minimum Gasteiger partial charge on any atom is -0.376 e. The lowest BCUT2D eigenvalue weighted by molar-refractivity contribution is 0.0312. The zero-order valence-corrected chi connectivity index (χ0v) is 10.4. The molecule has 3 heteroatoms. The third-order valence-electron chi connectivity index (χ3n) is 2.86. The van der Waals surface area contributed by atoms with Gasteiger partial charge in [0.1, 0.15) is 0 Å². The lowest BCUT2D eigenvalue weighted by Gasteiger charge is -2.27. The average molecular weight is 222 g/mol. The normalized spacial score (nSPS) is 14.8. The van der Waals surface area contributed by atoms with Crippen LogP contribution in [0.25, 0.3) is 0 Å². The highest BCUT2D eigenvalue weighted by molar-refractivity contribution is 5.29. The lowest BCUT2D eigenvalue weighted by Crippen LogP contribution is -2.38. The third kappa shape index (κ3) is 3.04. The van der Waals surface area contributed by atoms with Gasteiger partial charge in [0, 0.05) is 6.61 Å². The summed E-state index contributed by atoms with van der Waals surface area (Å²) < 4.78 is 5.71. The Morgan fingerprint density at radius 3 is 2.50 bits per heavy atom. The van der Waals surface area contributed by atoms with Crippen molar-refractivity contribution in [1.29, 1.82) is 0 Å². The van der Waals surface area contributed by atoms with Crippen molar-refractivity contribution in [3.8, 4) is 0 Å². The number of aryl methyl sites for hydroxylation is 1. The maximum absolute atomic E-state index is 5.71. The van der Waals surface area contributed by atoms with Gasteiger partial charge < -0.3 is 4.74 Å². The van der Waals surface area contributed by atoms with Crippen LogP contribution in [0.15, 0.2) is 24.3 Å². The quantitative estimate of drug-likeness (QED) is 0.573. The number of nitrogens with two attached hydrogens (primary N) is 1. The van der Waals surface area contributed by atoms with Gasteiger partial charge in [-0.3, -0.25) is 11.3 Å². The zero-order chi connectivity index (χ0) is 12.0. The molecule has 1 aromatic rings. The summed E-state index contributed by atoms with van der Waals surface area (Å²) in [4.78, 5) is 0. The van der Waals surface area contributed by atoms with Gasteiger partial charge in [-0.15, -0.1) is 0 Å². The van der Waals surface area contributed by atoms with E-state index in [1.165, 1.54) is 11.1 Å².